The van der Waals surface area contributed by atoms with Gasteiger partial charge in [0.2, 0.25) is 0 Å². The largest absolute Gasteiger partial charge is 0.494 e. The number of hydrogen-bond donors (Lipinski definition) is 0. The van der Waals surface area contributed by atoms with Crippen LogP contribution in [-0.4, -0.2) is 39.6 Å². The van der Waals surface area contributed by atoms with Crippen molar-refractivity contribution in [3.05, 3.63) is 58.6 Å². The molecule has 0 saturated carbocycles. The number of ketones is 1. The van der Waals surface area contributed by atoms with Gasteiger partial charge in [0, 0.05) is 11.8 Å². The topological polar surface area (TPSA) is 86.7 Å². The highest BCUT2D eigenvalue weighted by Gasteiger charge is 2.32. The molecule has 0 radical (unpaired) electrons. The van der Waals surface area contributed by atoms with Crippen LogP contribution in [0.15, 0.2) is 47.4 Å². The van der Waals surface area contributed by atoms with Crippen LogP contribution in [0.25, 0.3) is 0 Å². The highest BCUT2D eigenvalue weighted by atomic mass is 35.5. The van der Waals surface area contributed by atoms with Gasteiger partial charge in [-0.1, -0.05) is 23.7 Å². The molecule has 0 aliphatic rings. The summed E-state index contributed by atoms with van der Waals surface area (Å²) in [7, 11) is -3.48. The van der Waals surface area contributed by atoms with Crippen LogP contribution in [0, 0.1) is 0 Å². The maximum atomic E-state index is 13.1. The Labute approximate surface area is 169 Å². The van der Waals surface area contributed by atoms with Crippen LogP contribution < -0.4 is 4.74 Å². The molecule has 0 spiro atoms. The highest BCUT2D eigenvalue weighted by Crippen LogP contribution is 2.29. The minimum Gasteiger partial charge on any atom is -0.494 e. The zero-order valence-corrected chi connectivity index (χ0v) is 17.3. The Balaban J connectivity index is 2.46. The van der Waals surface area contributed by atoms with E-state index in [1.807, 2.05) is 6.92 Å². The molecule has 2 aromatic carbocycles. The third-order valence-electron chi connectivity index (χ3n) is 3.94. The number of carbonyl (C=O) groups excluding carboxylic acids is 2. The lowest BCUT2D eigenvalue weighted by atomic mass is 9.90. The summed E-state index contributed by atoms with van der Waals surface area (Å²) in [6.45, 7) is 4.09. The molecule has 6 nitrogen and oxygen atoms in total. The molecular weight excluding hydrogens is 404 g/mol. The maximum Gasteiger partial charge on any atom is 0.321 e. The predicted octanol–water partition coefficient (Wildman–Crippen LogP) is 3.67. The van der Waals surface area contributed by atoms with Crippen molar-refractivity contribution in [3.8, 4) is 5.75 Å². The van der Waals surface area contributed by atoms with E-state index in [1.165, 1.54) is 18.2 Å². The number of carbonyl (C=O) groups is 2. The molecule has 0 saturated heterocycles. The number of Topliss-reactive ketones (excluding diaryl/α,β-unsaturated/α-hetero) is 1. The molecule has 8 heteroatoms. The normalized spacial score (nSPS) is 12.3. The van der Waals surface area contributed by atoms with Gasteiger partial charge in [0.15, 0.2) is 15.6 Å². The Hall–Kier alpha value is -2.38. The van der Waals surface area contributed by atoms with Gasteiger partial charge in [-0.3, -0.25) is 9.59 Å². The summed E-state index contributed by atoms with van der Waals surface area (Å²) < 4.78 is 33.8. The first-order valence-electron chi connectivity index (χ1n) is 8.62. The standard InChI is InChI=1S/C20H21ClO6S/c1-4-26-14-8-6-13(7-9-14)18(20(23)27-5-2)19(22)16-11-10-15(12-17(16)21)28(3,24)25/h6-12,18H,4-5H2,1-3H3. The second-order valence-electron chi connectivity index (χ2n) is 5.97. The quantitative estimate of drug-likeness (QED) is 0.365. The Morgan fingerprint density at radius 3 is 2.18 bits per heavy atom. The average molecular weight is 425 g/mol. The van der Waals surface area contributed by atoms with Crippen LogP contribution in [-0.2, 0) is 19.4 Å². The van der Waals surface area contributed by atoms with Crippen LogP contribution in [0.4, 0.5) is 0 Å². The van der Waals surface area contributed by atoms with Gasteiger partial charge in [-0.15, -0.1) is 0 Å². The molecule has 2 aromatic rings. The smallest absolute Gasteiger partial charge is 0.321 e. The summed E-state index contributed by atoms with van der Waals surface area (Å²) >= 11 is 6.15. The van der Waals surface area contributed by atoms with Crippen molar-refractivity contribution in [1.29, 1.82) is 0 Å². The van der Waals surface area contributed by atoms with Crippen molar-refractivity contribution in [1.82, 2.24) is 0 Å². The summed E-state index contributed by atoms with van der Waals surface area (Å²) in [4.78, 5) is 25.6. The van der Waals surface area contributed by atoms with Crippen molar-refractivity contribution >= 4 is 33.2 Å². The Kier molecular flexibility index (Phi) is 7.21. The number of ether oxygens (including phenoxy) is 2. The molecule has 0 aliphatic heterocycles. The fourth-order valence-electron chi connectivity index (χ4n) is 2.63. The van der Waals surface area contributed by atoms with Crippen molar-refractivity contribution in [2.45, 2.75) is 24.7 Å². The minimum absolute atomic E-state index is 0.0113. The first kappa shape index (κ1) is 21.9. The van der Waals surface area contributed by atoms with Gasteiger partial charge in [0.05, 0.1) is 23.1 Å². The lowest BCUT2D eigenvalue weighted by molar-refractivity contribution is -0.143. The van der Waals surface area contributed by atoms with E-state index in [1.54, 1.807) is 31.2 Å². The second-order valence-corrected chi connectivity index (χ2v) is 8.39. The third-order valence-corrected chi connectivity index (χ3v) is 5.37. The van der Waals surface area contributed by atoms with Gasteiger partial charge in [-0.05, 0) is 49.7 Å². The molecule has 0 aliphatic carbocycles. The monoisotopic (exact) mass is 424 g/mol. The van der Waals surface area contributed by atoms with Crippen molar-refractivity contribution in [2.75, 3.05) is 19.5 Å². The summed E-state index contributed by atoms with van der Waals surface area (Å²) in [5.41, 5.74) is 0.469. The highest BCUT2D eigenvalue weighted by molar-refractivity contribution is 7.90. The lowest BCUT2D eigenvalue weighted by Gasteiger charge is -2.16. The van der Waals surface area contributed by atoms with E-state index in [9.17, 15) is 18.0 Å². The van der Waals surface area contributed by atoms with E-state index in [4.69, 9.17) is 21.1 Å². The summed E-state index contributed by atoms with van der Waals surface area (Å²) in [6.07, 6.45) is 1.04. The molecule has 0 N–H and O–H groups in total. The van der Waals surface area contributed by atoms with Crippen LogP contribution in [0.1, 0.15) is 35.7 Å². The summed E-state index contributed by atoms with van der Waals surface area (Å²) in [6, 6.07) is 10.3. The van der Waals surface area contributed by atoms with Crippen LogP contribution in [0.3, 0.4) is 0 Å². The van der Waals surface area contributed by atoms with Gasteiger partial charge >= 0.3 is 5.97 Å². The number of benzene rings is 2. The van der Waals surface area contributed by atoms with Crippen LogP contribution in [0.5, 0.6) is 5.75 Å². The molecule has 28 heavy (non-hydrogen) atoms. The zero-order valence-electron chi connectivity index (χ0n) is 15.8. The maximum absolute atomic E-state index is 13.1. The van der Waals surface area contributed by atoms with Gasteiger partial charge < -0.3 is 9.47 Å². The number of esters is 1. The molecule has 150 valence electrons. The van der Waals surface area contributed by atoms with Gasteiger partial charge in [-0.25, -0.2) is 8.42 Å². The zero-order chi connectivity index (χ0) is 20.9. The molecule has 0 heterocycles. The van der Waals surface area contributed by atoms with Crippen molar-refractivity contribution in [2.24, 2.45) is 0 Å². The Morgan fingerprint density at radius 2 is 1.68 bits per heavy atom. The number of hydrogen-bond acceptors (Lipinski definition) is 6. The molecule has 0 amide bonds. The van der Waals surface area contributed by atoms with Gasteiger partial charge in [0.1, 0.15) is 11.7 Å². The fraction of sp³-hybridized carbons (Fsp3) is 0.300. The first-order valence-corrected chi connectivity index (χ1v) is 10.9. The van der Waals surface area contributed by atoms with Crippen molar-refractivity contribution in [3.63, 3.8) is 0 Å². The number of halogens is 1. The predicted molar refractivity (Wildman–Crippen MR) is 106 cm³/mol. The molecule has 2 rings (SSSR count). The number of rotatable bonds is 8. The van der Waals surface area contributed by atoms with E-state index in [2.05, 4.69) is 0 Å². The molecule has 0 aromatic heterocycles. The average Bonchev–Trinajstić information content (AvgIpc) is 2.63. The van der Waals surface area contributed by atoms with E-state index < -0.39 is 27.5 Å². The molecular formula is C20H21ClO6S. The summed E-state index contributed by atoms with van der Waals surface area (Å²) in [5, 5.41) is -0.0480. The van der Waals surface area contributed by atoms with Gasteiger partial charge in [0.25, 0.3) is 0 Å². The van der Waals surface area contributed by atoms with Crippen LogP contribution in [0.2, 0.25) is 5.02 Å². The minimum atomic E-state index is -3.48. The van der Waals surface area contributed by atoms with Crippen LogP contribution >= 0.6 is 11.6 Å². The molecule has 0 fully saturated rings. The molecule has 1 unspecified atom stereocenters. The third kappa shape index (κ3) is 5.11. The Bertz CT molecular complexity index is 967. The summed E-state index contributed by atoms with van der Waals surface area (Å²) in [5.74, 6) is -1.90. The fourth-order valence-corrected chi connectivity index (χ4v) is 3.61. The van der Waals surface area contributed by atoms with E-state index in [0.717, 1.165) is 6.26 Å². The van der Waals surface area contributed by atoms with Gasteiger partial charge in [-0.2, -0.15) is 0 Å². The Morgan fingerprint density at radius 1 is 1.04 bits per heavy atom. The molecule has 1 atom stereocenters. The van der Waals surface area contributed by atoms with Crippen molar-refractivity contribution < 1.29 is 27.5 Å². The number of sulfone groups is 1. The van der Waals surface area contributed by atoms with E-state index in [0.29, 0.717) is 17.9 Å². The SMILES string of the molecule is CCOC(=O)C(C(=O)c1ccc(S(C)(=O)=O)cc1Cl)c1ccc(OCC)cc1. The molecule has 0 bridgehead atoms. The van der Waals surface area contributed by atoms with E-state index >= 15 is 0 Å². The van der Waals surface area contributed by atoms with E-state index in [-0.39, 0.29) is 22.1 Å². The first-order chi connectivity index (χ1) is 13.2. The lowest BCUT2D eigenvalue weighted by Crippen LogP contribution is -2.24. The second kappa shape index (κ2) is 9.21.